The van der Waals surface area contributed by atoms with E-state index in [0.29, 0.717) is 5.75 Å². The van der Waals surface area contributed by atoms with Crippen LogP contribution >= 0.6 is 0 Å². The molecule has 0 fully saturated rings. The molecule has 0 spiro atoms. The quantitative estimate of drug-likeness (QED) is 0.847. The predicted octanol–water partition coefficient (Wildman–Crippen LogP) is 3.29. The van der Waals surface area contributed by atoms with Crippen molar-refractivity contribution in [1.82, 2.24) is 5.32 Å². The number of nitrogens with one attached hydrogen (secondary N) is 1. The average molecular weight is 271 g/mol. The number of phenols is 1. The summed E-state index contributed by atoms with van der Waals surface area (Å²) in [6.07, 6.45) is 0.939. The van der Waals surface area contributed by atoms with Crippen molar-refractivity contribution in [1.29, 1.82) is 0 Å². The summed E-state index contributed by atoms with van der Waals surface area (Å²) >= 11 is 0. The van der Waals surface area contributed by atoms with Gasteiger partial charge in [0, 0.05) is 6.04 Å². The maximum absolute atomic E-state index is 9.24. The summed E-state index contributed by atoms with van der Waals surface area (Å²) in [6.45, 7) is 3.04. The van der Waals surface area contributed by atoms with Crippen molar-refractivity contribution in [2.45, 2.75) is 19.4 Å². The molecule has 0 radical (unpaired) electrons. The Morgan fingerprint density at radius 2 is 1.90 bits per heavy atom. The van der Waals surface area contributed by atoms with Crippen LogP contribution in [0.3, 0.4) is 0 Å². The summed E-state index contributed by atoms with van der Waals surface area (Å²) in [7, 11) is 1.68. The van der Waals surface area contributed by atoms with Crippen LogP contribution in [0.2, 0.25) is 0 Å². The molecule has 2 N–H and O–H groups in total. The fourth-order valence-electron chi connectivity index (χ4n) is 2.12. The topological polar surface area (TPSA) is 41.5 Å². The molecule has 0 aliphatic carbocycles. The minimum Gasteiger partial charge on any atom is -0.508 e. The molecule has 0 aliphatic heterocycles. The largest absolute Gasteiger partial charge is 0.508 e. The molecule has 3 nitrogen and oxygen atoms in total. The first-order chi connectivity index (χ1) is 9.69. The third kappa shape index (κ3) is 4.00. The van der Waals surface area contributed by atoms with E-state index >= 15 is 0 Å². The normalized spacial score (nSPS) is 12.1. The molecule has 1 atom stereocenters. The lowest BCUT2D eigenvalue weighted by Crippen LogP contribution is -2.21. The van der Waals surface area contributed by atoms with E-state index in [4.69, 9.17) is 4.74 Å². The highest BCUT2D eigenvalue weighted by Crippen LogP contribution is 2.18. The molecule has 20 heavy (non-hydrogen) atoms. The smallest absolute Gasteiger partial charge is 0.119 e. The minimum atomic E-state index is 0.280. The molecule has 0 bridgehead atoms. The Morgan fingerprint density at radius 1 is 1.15 bits per heavy atom. The summed E-state index contributed by atoms with van der Waals surface area (Å²) < 4.78 is 5.24. The second-order valence-corrected chi connectivity index (χ2v) is 4.87. The van der Waals surface area contributed by atoms with Gasteiger partial charge in [0.25, 0.3) is 0 Å². The van der Waals surface area contributed by atoms with Crippen LogP contribution in [0.25, 0.3) is 0 Å². The Balaban J connectivity index is 1.85. The van der Waals surface area contributed by atoms with Crippen molar-refractivity contribution >= 4 is 0 Å². The van der Waals surface area contributed by atoms with Gasteiger partial charge in [0.15, 0.2) is 0 Å². The standard InChI is InChI=1S/C17H21NO2/c1-13(15-4-3-5-17(12-15)20-2)18-11-10-14-6-8-16(19)9-7-14/h3-9,12-13,18-19H,10-11H2,1-2H3. The van der Waals surface area contributed by atoms with Crippen LogP contribution in [0.1, 0.15) is 24.1 Å². The highest BCUT2D eigenvalue weighted by molar-refractivity contribution is 5.30. The molecule has 0 aromatic heterocycles. The second kappa shape index (κ2) is 6.96. The number of benzene rings is 2. The van der Waals surface area contributed by atoms with Crippen LogP contribution in [0.5, 0.6) is 11.5 Å². The zero-order valence-electron chi connectivity index (χ0n) is 12.0. The van der Waals surface area contributed by atoms with E-state index in [1.807, 2.05) is 24.3 Å². The lowest BCUT2D eigenvalue weighted by Gasteiger charge is -2.15. The molecule has 2 aromatic carbocycles. The Bertz CT molecular complexity index is 537. The zero-order valence-corrected chi connectivity index (χ0v) is 12.0. The highest BCUT2D eigenvalue weighted by Gasteiger charge is 2.05. The van der Waals surface area contributed by atoms with Crippen molar-refractivity contribution in [2.24, 2.45) is 0 Å². The number of aromatic hydroxyl groups is 1. The molecule has 0 saturated heterocycles. The molecular weight excluding hydrogens is 250 g/mol. The monoisotopic (exact) mass is 271 g/mol. The summed E-state index contributed by atoms with van der Waals surface area (Å²) in [5.41, 5.74) is 2.43. The highest BCUT2D eigenvalue weighted by atomic mass is 16.5. The molecular formula is C17H21NO2. The molecule has 1 unspecified atom stereocenters. The number of ether oxygens (including phenoxy) is 1. The molecule has 0 amide bonds. The summed E-state index contributed by atoms with van der Waals surface area (Å²) in [5.74, 6) is 1.20. The maximum Gasteiger partial charge on any atom is 0.119 e. The molecule has 0 heterocycles. The van der Waals surface area contributed by atoms with E-state index in [-0.39, 0.29) is 6.04 Å². The fraction of sp³-hybridized carbons (Fsp3) is 0.294. The van der Waals surface area contributed by atoms with E-state index in [0.717, 1.165) is 18.7 Å². The van der Waals surface area contributed by atoms with Crippen LogP contribution in [0, 0.1) is 0 Å². The fourth-order valence-corrected chi connectivity index (χ4v) is 2.12. The van der Waals surface area contributed by atoms with Gasteiger partial charge >= 0.3 is 0 Å². The van der Waals surface area contributed by atoms with Gasteiger partial charge in [0.05, 0.1) is 7.11 Å². The van der Waals surface area contributed by atoms with Crippen molar-refractivity contribution < 1.29 is 9.84 Å². The van der Waals surface area contributed by atoms with Crippen LogP contribution in [0.4, 0.5) is 0 Å². The average Bonchev–Trinajstić information content (AvgIpc) is 2.49. The molecule has 106 valence electrons. The van der Waals surface area contributed by atoms with Crippen LogP contribution in [0.15, 0.2) is 48.5 Å². The molecule has 0 saturated carbocycles. The molecule has 3 heteroatoms. The summed E-state index contributed by atoms with van der Waals surface area (Å²) in [6, 6.07) is 15.7. The SMILES string of the molecule is COc1cccc(C(C)NCCc2ccc(O)cc2)c1. The first-order valence-corrected chi connectivity index (χ1v) is 6.84. The second-order valence-electron chi connectivity index (χ2n) is 4.87. The molecule has 2 aromatic rings. The van der Waals surface area contributed by atoms with Crippen molar-refractivity contribution in [3.8, 4) is 11.5 Å². The zero-order chi connectivity index (χ0) is 14.4. The van der Waals surface area contributed by atoms with E-state index < -0.39 is 0 Å². The Labute approximate surface area is 120 Å². The Hall–Kier alpha value is -2.00. The van der Waals surface area contributed by atoms with Gasteiger partial charge in [-0.15, -0.1) is 0 Å². The Morgan fingerprint density at radius 3 is 2.60 bits per heavy atom. The number of methoxy groups -OCH3 is 1. The third-order valence-electron chi connectivity index (χ3n) is 3.39. The first-order valence-electron chi connectivity index (χ1n) is 6.84. The van der Waals surface area contributed by atoms with Crippen LogP contribution in [-0.2, 0) is 6.42 Å². The van der Waals surface area contributed by atoms with Gasteiger partial charge in [-0.1, -0.05) is 24.3 Å². The van der Waals surface area contributed by atoms with Gasteiger partial charge in [0.2, 0.25) is 0 Å². The van der Waals surface area contributed by atoms with Gasteiger partial charge in [-0.2, -0.15) is 0 Å². The number of phenolic OH excluding ortho intramolecular Hbond substituents is 1. The number of hydrogen-bond donors (Lipinski definition) is 2. The van der Waals surface area contributed by atoms with E-state index in [1.165, 1.54) is 11.1 Å². The van der Waals surface area contributed by atoms with Crippen molar-refractivity contribution in [3.63, 3.8) is 0 Å². The van der Waals surface area contributed by atoms with Gasteiger partial charge in [-0.3, -0.25) is 0 Å². The van der Waals surface area contributed by atoms with Gasteiger partial charge in [-0.05, 0) is 55.3 Å². The maximum atomic E-state index is 9.24. The first kappa shape index (κ1) is 14.4. The summed E-state index contributed by atoms with van der Waals surface area (Å²) in [5, 5.41) is 12.7. The van der Waals surface area contributed by atoms with Crippen LogP contribution in [-0.4, -0.2) is 18.8 Å². The van der Waals surface area contributed by atoms with Gasteiger partial charge in [0.1, 0.15) is 11.5 Å². The van der Waals surface area contributed by atoms with E-state index in [2.05, 4.69) is 24.4 Å². The third-order valence-corrected chi connectivity index (χ3v) is 3.39. The van der Waals surface area contributed by atoms with E-state index in [1.54, 1.807) is 19.2 Å². The van der Waals surface area contributed by atoms with Crippen LogP contribution < -0.4 is 10.1 Å². The number of hydrogen-bond acceptors (Lipinski definition) is 3. The van der Waals surface area contributed by atoms with Crippen molar-refractivity contribution in [3.05, 3.63) is 59.7 Å². The van der Waals surface area contributed by atoms with Gasteiger partial charge < -0.3 is 15.2 Å². The molecule has 2 rings (SSSR count). The Kier molecular flexibility index (Phi) is 5.02. The lowest BCUT2D eigenvalue weighted by atomic mass is 10.1. The van der Waals surface area contributed by atoms with E-state index in [9.17, 15) is 5.11 Å². The summed E-state index contributed by atoms with van der Waals surface area (Å²) in [4.78, 5) is 0. The van der Waals surface area contributed by atoms with Gasteiger partial charge in [-0.25, -0.2) is 0 Å². The minimum absolute atomic E-state index is 0.280. The predicted molar refractivity (Wildman–Crippen MR) is 81.2 cm³/mol. The number of rotatable bonds is 6. The molecule has 0 aliphatic rings. The lowest BCUT2D eigenvalue weighted by molar-refractivity contribution is 0.413. The van der Waals surface area contributed by atoms with Crippen molar-refractivity contribution in [2.75, 3.05) is 13.7 Å².